The molecule has 164 valence electrons. The molecule has 1 amide bonds. The lowest BCUT2D eigenvalue weighted by Gasteiger charge is -2.15. The molecular weight excluding hydrogens is 441 g/mol. The Morgan fingerprint density at radius 3 is 2.74 bits per heavy atom. The highest BCUT2D eigenvalue weighted by atomic mass is 35.5. The van der Waals surface area contributed by atoms with E-state index in [4.69, 9.17) is 16.3 Å². The number of thiophene rings is 1. The summed E-state index contributed by atoms with van der Waals surface area (Å²) >= 11 is 7.13. The zero-order valence-corrected chi connectivity index (χ0v) is 19.1. The fourth-order valence-corrected chi connectivity index (χ4v) is 4.45. The lowest BCUT2D eigenvalue weighted by Crippen LogP contribution is -2.19. The van der Waals surface area contributed by atoms with Crippen molar-refractivity contribution in [2.45, 2.75) is 26.3 Å². The van der Waals surface area contributed by atoms with Crippen LogP contribution >= 0.6 is 22.9 Å². The maximum Gasteiger partial charge on any atom is 0.350 e. The number of anilines is 1. The predicted octanol–water partition coefficient (Wildman–Crippen LogP) is 5.36. The van der Waals surface area contributed by atoms with Crippen molar-refractivity contribution < 1.29 is 18.7 Å². The van der Waals surface area contributed by atoms with Crippen LogP contribution in [0.3, 0.4) is 0 Å². The van der Waals surface area contributed by atoms with Crippen LogP contribution in [-0.4, -0.2) is 42.5 Å². The Hall–Kier alpha value is -2.55. The Labute approximate surface area is 189 Å². The molecule has 0 unspecified atom stereocenters. The normalized spacial score (nSPS) is 11.2. The molecule has 2 heterocycles. The molecule has 9 heteroatoms. The summed E-state index contributed by atoms with van der Waals surface area (Å²) in [4.78, 5) is 32.7. The van der Waals surface area contributed by atoms with Gasteiger partial charge in [0.2, 0.25) is 0 Å². The number of ether oxygens (including phenoxy) is 1. The van der Waals surface area contributed by atoms with E-state index in [1.807, 2.05) is 13.1 Å². The van der Waals surface area contributed by atoms with Crippen molar-refractivity contribution in [2.24, 2.45) is 0 Å². The molecule has 2 aromatic heterocycles. The molecule has 0 radical (unpaired) electrons. The third-order valence-corrected chi connectivity index (χ3v) is 6.13. The number of amides is 1. The second-order valence-corrected chi connectivity index (χ2v) is 8.50. The molecule has 0 atom stereocenters. The number of benzene rings is 1. The molecule has 0 bridgehead atoms. The van der Waals surface area contributed by atoms with E-state index in [2.05, 4.69) is 22.1 Å². The van der Waals surface area contributed by atoms with Crippen LogP contribution < -0.4 is 5.32 Å². The first kappa shape index (κ1) is 23.1. The lowest BCUT2D eigenvalue weighted by atomic mass is 10.1. The lowest BCUT2D eigenvalue weighted by molar-refractivity contribution is 0.0607. The molecule has 6 nitrogen and oxygen atoms in total. The predicted molar refractivity (Wildman–Crippen MR) is 122 cm³/mol. The number of aromatic nitrogens is 1. The van der Waals surface area contributed by atoms with Crippen molar-refractivity contribution >= 4 is 50.7 Å². The summed E-state index contributed by atoms with van der Waals surface area (Å²) in [6.07, 6.45) is 2.21. The highest BCUT2D eigenvalue weighted by molar-refractivity contribution is 7.21. The summed E-state index contributed by atoms with van der Waals surface area (Å²) in [5, 5.41) is 3.18. The number of nitrogens with zero attached hydrogens (tertiary/aromatic N) is 2. The van der Waals surface area contributed by atoms with Crippen molar-refractivity contribution in [1.29, 1.82) is 0 Å². The van der Waals surface area contributed by atoms with Crippen molar-refractivity contribution in [2.75, 3.05) is 26.0 Å². The molecule has 1 aromatic carbocycles. The van der Waals surface area contributed by atoms with Gasteiger partial charge in [-0.1, -0.05) is 31.0 Å². The average molecular weight is 464 g/mol. The Balaban J connectivity index is 1.97. The topological polar surface area (TPSA) is 71.5 Å². The minimum atomic E-state index is -0.753. The number of esters is 1. The Morgan fingerprint density at radius 1 is 1.29 bits per heavy atom. The van der Waals surface area contributed by atoms with E-state index in [0.717, 1.165) is 42.5 Å². The number of hydrogen-bond acceptors (Lipinski definition) is 6. The monoisotopic (exact) mass is 463 g/mol. The van der Waals surface area contributed by atoms with Crippen LogP contribution in [0, 0.1) is 5.82 Å². The van der Waals surface area contributed by atoms with Crippen LogP contribution in [-0.2, 0) is 11.3 Å². The van der Waals surface area contributed by atoms with E-state index >= 15 is 0 Å². The summed E-state index contributed by atoms with van der Waals surface area (Å²) in [5.74, 6) is -2.12. The van der Waals surface area contributed by atoms with Crippen molar-refractivity contribution in [1.82, 2.24) is 9.88 Å². The first-order chi connectivity index (χ1) is 14.8. The number of carbonyl (C=O) groups excluding carboxylic acids is 2. The molecule has 0 saturated heterocycles. The molecule has 3 aromatic rings. The minimum Gasteiger partial charge on any atom is -0.465 e. The van der Waals surface area contributed by atoms with Crippen LogP contribution in [0.25, 0.3) is 10.2 Å². The number of carbonyl (C=O) groups is 2. The van der Waals surface area contributed by atoms with Gasteiger partial charge >= 0.3 is 5.97 Å². The molecule has 31 heavy (non-hydrogen) atoms. The van der Waals surface area contributed by atoms with E-state index < -0.39 is 17.7 Å². The van der Waals surface area contributed by atoms with Gasteiger partial charge in [0.25, 0.3) is 5.91 Å². The number of nitrogens with one attached hydrogen (secondary N) is 1. The van der Waals surface area contributed by atoms with Crippen LogP contribution in [0.15, 0.2) is 30.3 Å². The van der Waals surface area contributed by atoms with Crippen molar-refractivity contribution in [3.63, 3.8) is 0 Å². The third kappa shape index (κ3) is 5.20. The van der Waals surface area contributed by atoms with E-state index in [1.54, 1.807) is 6.07 Å². The molecule has 1 N–H and O–H groups in total. The number of halogens is 2. The summed E-state index contributed by atoms with van der Waals surface area (Å²) in [5.41, 5.74) is 0.787. The zero-order valence-electron chi connectivity index (χ0n) is 17.5. The molecule has 0 aliphatic rings. The largest absolute Gasteiger partial charge is 0.465 e. The Kier molecular flexibility index (Phi) is 7.59. The molecule has 3 rings (SSSR count). The fourth-order valence-electron chi connectivity index (χ4n) is 3.14. The van der Waals surface area contributed by atoms with Crippen LogP contribution in [0.5, 0.6) is 0 Å². The number of pyridine rings is 1. The molecule has 0 saturated carbocycles. The highest BCUT2D eigenvalue weighted by Gasteiger charge is 2.24. The number of fused-ring (bicyclic) bond motifs is 1. The van der Waals surface area contributed by atoms with Gasteiger partial charge in [-0.05, 0) is 44.3 Å². The van der Waals surface area contributed by atoms with Gasteiger partial charge in [-0.3, -0.25) is 4.79 Å². The van der Waals surface area contributed by atoms with Gasteiger partial charge in [0.15, 0.2) is 0 Å². The minimum absolute atomic E-state index is 0.0211. The van der Waals surface area contributed by atoms with Gasteiger partial charge < -0.3 is 15.0 Å². The first-order valence-corrected chi connectivity index (χ1v) is 11.0. The van der Waals surface area contributed by atoms with Crippen LogP contribution in [0.4, 0.5) is 10.1 Å². The SMILES string of the molecule is CCCCN(C)Cc1ccc2c(NC(=O)c3c(F)cccc3Cl)c(C(=O)OC)sc2n1. The van der Waals surface area contributed by atoms with Crippen molar-refractivity contribution in [3.8, 4) is 0 Å². The molecule has 0 spiro atoms. The molecular formula is C22H23ClFN3O3S. The zero-order chi connectivity index (χ0) is 22.5. The van der Waals surface area contributed by atoms with E-state index in [-0.39, 0.29) is 21.2 Å². The summed E-state index contributed by atoms with van der Waals surface area (Å²) in [7, 11) is 3.28. The Morgan fingerprint density at radius 2 is 2.06 bits per heavy atom. The second-order valence-electron chi connectivity index (χ2n) is 7.10. The van der Waals surface area contributed by atoms with Gasteiger partial charge in [-0.2, -0.15) is 0 Å². The number of methoxy groups -OCH3 is 1. The third-order valence-electron chi connectivity index (χ3n) is 4.74. The van der Waals surface area contributed by atoms with E-state index in [1.165, 1.54) is 19.2 Å². The number of unbranched alkanes of at least 4 members (excludes halogenated alkanes) is 1. The average Bonchev–Trinajstić information content (AvgIpc) is 3.09. The van der Waals surface area contributed by atoms with Gasteiger partial charge in [0.05, 0.1) is 29.1 Å². The second kappa shape index (κ2) is 10.2. The number of rotatable bonds is 8. The standard InChI is InChI=1S/C22H23ClFN3O3S/c1-4-5-11-27(2)12-13-9-10-14-18(19(22(29)30-3)31-21(14)25-13)26-20(28)17-15(23)7-6-8-16(17)24/h6-10H,4-5,11-12H2,1-3H3,(H,26,28). The maximum atomic E-state index is 14.2. The van der Waals surface area contributed by atoms with Crippen molar-refractivity contribution in [3.05, 3.63) is 57.3 Å². The van der Waals surface area contributed by atoms with E-state index in [9.17, 15) is 14.0 Å². The summed E-state index contributed by atoms with van der Waals surface area (Å²) < 4.78 is 19.0. The van der Waals surface area contributed by atoms with Gasteiger partial charge in [-0.25, -0.2) is 14.2 Å². The van der Waals surface area contributed by atoms with Gasteiger partial charge in [-0.15, -0.1) is 11.3 Å². The molecule has 0 aliphatic heterocycles. The van der Waals surface area contributed by atoms with Gasteiger partial charge in [0.1, 0.15) is 15.5 Å². The van der Waals surface area contributed by atoms with Crippen LogP contribution in [0.1, 0.15) is 45.5 Å². The maximum absolute atomic E-state index is 14.2. The van der Waals surface area contributed by atoms with E-state index in [0.29, 0.717) is 16.8 Å². The van der Waals surface area contributed by atoms with Crippen LogP contribution in [0.2, 0.25) is 5.02 Å². The van der Waals surface area contributed by atoms with Gasteiger partial charge in [0, 0.05) is 11.9 Å². The molecule has 0 fully saturated rings. The summed E-state index contributed by atoms with van der Waals surface area (Å²) in [6, 6.07) is 7.64. The highest BCUT2D eigenvalue weighted by Crippen LogP contribution is 2.36. The smallest absolute Gasteiger partial charge is 0.350 e. The fraction of sp³-hybridized carbons (Fsp3) is 0.318. The summed E-state index contributed by atoms with van der Waals surface area (Å²) in [6.45, 7) is 3.76. The molecule has 0 aliphatic carbocycles. The first-order valence-electron chi connectivity index (χ1n) is 9.80. The quantitative estimate of drug-likeness (QED) is 0.455. The number of hydrogen-bond donors (Lipinski definition) is 1. The Bertz CT molecular complexity index is 1100.